The number of aryl methyl sites for hydroxylation is 1. The molecule has 2 heterocycles. The Hall–Kier alpha value is -2.90. The molecule has 1 aromatic carbocycles. The van der Waals surface area contributed by atoms with Gasteiger partial charge in [0.25, 0.3) is 5.56 Å². The summed E-state index contributed by atoms with van der Waals surface area (Å²) in [4.78, 5) is 44.8. The molecular weight excluding hydrogens is 430 g/mol. The first-order valence-corrected chi connectivity index (χ1v) is 12.9. The minimum absolute atomic E-state index is 0.00221. The standard InChI is InChI=1S/C26H35N5O3/c32-24(27-19-14-16-30(17-15-19)26(34)28-18-6-2-1-3-7-18)13-12-23-29-22-9-5-4-8-21(22)25(33)31(23)20-10-11-20/h4-5,8-9,18-20H,1-3,6-7,10-17H2,(H,27,32)(H,28,34). The minimum Gasteiger partial charge on any atom is -0.353 e. The van der Waals surface area contributed by atoms with E-state index in [-0.39, 0.29) is 29.6 Å². The first kappa shape index (κ1) is 22.9. The number of carbonyl (C=O) groups is 2. The highest BCUT2D eigenvalue weighted by Gasteiger charge is 2.29. The van der Waals surface area contributed by atoms with Crippen molar-refractivity contribution in [2.45, 2.75) is 88.8 Å². The van der Waals surface area contributed by atoms with E-state index in [9.17, 15) is 14.4 Å². The number of urea groups is 1. The smallest absolute Gasteiger partial charge is 0.317 e. The fourth-order valence-corrected chi connectivity index (χ4v) is 5.34. The predicted molar refractivity (Wildman–Crippen MR) is 131 cm³/mol. The van der Waals surface area contributed by atoms with E-state index in [1.54, 1.807) is 4.57 Å². The number of carbonyl (C=O) groups excluding carboxylic acids is 2. The van der Waals surface area contributed by atoms with Gasteiger partial charge >= 0.3 is 6.03 Å². The van der Waals surface area contributed by atoms with Crippen LogP contribution in [-0.2, 0) is 11.2 Å². The molecule has 8 nitrogen and oxygen atoms in total. The number of likely N-dealkylation sites (tertiary alicyclic amines) is 1. The number of piperidine rings is 1. The second-order valence-electron chi connectivity index (χ2n) is 10.1. The van der Waals surface area contributed by atoms with Crippen LogP contribution in [0.5, 0.6) is 0 Å². The minimum atomic E-state index is -0.0186. The zero-order chi connectivity index (χ0) is 23.5. The van der Waals surface area contributed by atoms with Crippen LogP contribution in [0.1, 0.15) is 76.1 Å². The lowest BCUT2D eigenvalue weighted by atomic mass is 9.95. The molecule has 8 heteroatoms. The lowest BCUT2D eigenvalue weighted by Gasteiger charge is -2.34. The summed E-state index contributed by atoms with van der Waals surface area (Å²) in [6, 6.07) is 8.08. The van der Waals surface area contributed by atoms with Crippen molar-refractivity contribution in [1.82, 2.24) is 25.1 Å². The molecule has 2 aliphatic carbocycles. The van der Waals surface area contributed by atoms with E-state index in [0.29, 0.717) is 48.7 Å². The fourth-order valence-electron chi connectivity index (χ4n) is 5.34. The summed E-state index contributed by atoms with van der Waals surface area (Å²) in [7, 11) is 0. The van der Waals surface area contributed by atoms with Gasteiger partial charge in [-0.25, -0.2) is 9.78 Å². The molecule has 1 aliphatic heterocycles. The number of hydrogen-bond acceptors (Lipinski definition) is 4. The van der Waals surface area contributed by atoms with E-state index in [0.717, 1.165) is 38.5 Å². The number of para-hydroxylation sites is 1. The van der Waals surface area contributed by atoms with Crippen LogP contribution >= 0.6 is 0 Å². The Morgan fingerprint density at radius 2 is 1.62 bits per heavy atom. The molecule has 1 aromatic heterocycles. The van der Waals surface area contributed by atoms with Crippen molar-refractivity contribution in [1.29, 1.82) is 0 Å². The number of nitrogens with one attached hydrogen (secondary N) is 2. The third-order valence-corrected chi connectivity index (χ3v) is 7.45. The monoisotopic (exact) mass is 465 g/mol. The molecule has 3 amide bonds. The van der Waals surface area contributed by atoms with Crippen molar-refractivity contribution in [2.75, 3.05) is 13.1 Å². The van der Waals surface area contributed by atoms with E-state index in [2.05, 4.69) is 10.6 Å². The van der Waals surface area contributed by atoms with Crippen LogP contribution in [-0.4, -0.2) is 51.6 Å². The van der Waals surface area contributed by atoms with Crippen LogP contribution in [0.15, 0.2) is 29.1 Å². The van der Waals surface area contributed by atoms with Crippen molar-refractivity contribution in [3.8, 4) is 0 Å². The normalized spacial score (nSPS) is 19.8. The first-order chi connectivity index (χ1) is 16.6. The van der Waals surface area contributed by atoms with E-state index in [4.69, 9.17) is 4.98 Å². The van der Waals surface area contributed by atoms with Crippen LogP contribution in [0.2, 0.25) is 0 Å². The number of hydrogen-bond donors (Lipinski definition) is 2. The number of rotatable bonds is 6. The zero-order valence-electron chi connectivity index (χ0n) is 19.8. The van der Waals surface area contributed by atoms with Gasteiger partial charge in [0.2, 0.25) is 5.91 Å². The molecule has 2 saturated carbocycles. The molecule has 0 radical (unpaired) electrons. The third-order valence-electron chi connectivity index (χ3n) is 7.45. The first-order valence-electron chi connectivity index (χ1n) is 12.9. The average Bonchev–Trinajstić information content (AvgIpc) is 3.69. The summed E-state index contributed by atoms with van der Waals surface area (Å²) < 4.78 is 1.80. The van der Waals surface area contributed by atoms with Crippen molar-refractivity contribution >= 4 is 22.8 Å². The third kappa shape index (κ3) is 5.26. The molecular formula is C26H35N5O3. The summed E-state index contributed by atoms with van der Waals surface area (Å²) in [6.07, 6.45) is 10.1. The number of amides is 3. The van der Waals surface area contributed by atoms with Crippen LogP contribution in [0.25, 0.3) is 10.9 Å². The van der Waals surface area contributed by atoms with E-state index < -0.39 is 0 Å². The van der Waals surface area contributed by atoms with E-state index in [1.165, 1.54) is 19.3 Å². The quantitative estimate of drug-likeness (QED) is 0.684. The van der Waals surface area contributed by atoms with Gasteiger partial charge in [-0.05, 0) is 50.7 Å². The molecule has 0 spiro atoms. The van der Waals surface area contributed by atoms with Crippen molar-refractivity contribution < 1.29 is 9.59 Å². The predicted octanol–water partition coefficient (Wildman–Crippen LogP) is 3.29. The van der Waals surface area contributed by atoms with Crippen LogP contribution in [0.3, 0.4) is 0 Å². The summed E-state index contributed by atoms with van der Waals surface area (Å²) in [5.74, 6) is 0.686. The van der Waals surface area contributed by atoms with Gasteiger partial charge < -0.3 is 15.5 Å². The molecule has 0 bridgehead atoms. The molecule has 0 unspecified atom stereocenters. The van der Waals surface area contributed by atoms with Crippen LogP contribution in [0.4, 0.5) is 4.79 Å². The largest absolute Gasteiger partial charge is 0.353 e. The maximum atomic E-state index is 13.0. The highest BCUT2D eigenvalue weighted by molar-refractivity contribution is 5.78. The summed E-state index contributed by atoms with van der Waals surface area (Å²) in [5.41, 5.74) is 0.695. The lowest BCUT2D eigenvalue weighted by molar-refractivity contribution is -0.122. The molecule has 3 fully saturated rings. The molecule has 5 rings (SSSR count). The summed E-state index contributed by atoms with van der Waals surface area (Å²) in [6.45, 7) is 1.33. The number of nitrogens with zero attached hydrogens (tertiary/aromatic N) is 3. The highest BCUT2D eigenvalue weighted by Crippen LogP contribution is 2.35. The molecule has 1 saturated heterocycles. The highest BCUT2D eigenvalue weighted by atomic mass is 16.2. The Kier molecular flexibility index (Phi) is 6.83. The van der Waals surface area contributed by atoms with Crippen molar-refractivity contribution in [2.24, 2.45) is 0 Å². The number of fused-ring (bicyclic) bond motifs is 1. The van der Waals surface area contributed by atoms with Gasteiger partial charge in [-0.2, -0.15) is 0 Å². The Morgan fingerprint density at radius 1 is 0.912 bits per heavy atom. The van der Waals surface area contributed by atoms with Gasteiger partial charge in [-0.3, -0.25) is 14.2 Å². The van der Waals surface area contributed by atoms with Crippen LogP contribution in [0, 0.1) is 0 Å². The van der Waals surface area contributed by atoms with Gasteiger partial charge in [0.1, 0.15) is 5.82 Å². The van der Waals surface area contributed by atoms with Gasteiger partial charge in [0.15, 0.2) is 0 Å². The van der Waals surface area contributed by atoms with Crippen LogP contribution < -0.4 is 16.2 Å². The Balaban J connectivity index is 1.12. The Morgan fingerprint density at radius 3 is 2.35 bits per heavy atom. The Labute approximate surface area is 200 Å². The maximum absolute atomic E-state index is 13.0. The van der Waals surface area contributed by atoms with Crippen molar-refractivity contribution in [3.05, 3.63) is 40.4 Å². The van der Waals surface area contributed by atoms with Gasteiger partial charge in [-0.1, -0.05) is 31.4 Å². The second-order valence-corrected chi connectivity index (χ2v) is 10.1. The zero-order valence-corrected chi connectivity index (χ0v) is 19.8. The lowest BCUT2D eigenvalue weighted by Crippen LogP contribution is -2.51. The topological polar surface area (TPSA) is 96.3 Å². The summed E-state index contributed by atoms with van der Waals surface area (Å²) in [5, 5.41) is 6.96. The number of aromatic nitrogens is 2. The molecule has 34 heavy (non-hydrogen) atoms. The molecule has 182 valence electrons. The van der Waals surface area contributed by atoms with E-state index in [1.807, 2.05) is 29.2 Å². The van der Waals surface area contributed by atoms with Gasteiger partial charge in [-0.15, -0.1) is 0 Å². The fraction of sp³-hybridized carbons (Fsp3) is 0.615. The van der Waals surface area contributed by atoms with Gasteiger partial charge in [0.05, 0.1) is 10.9 Å². The molecule has 0 atom stereocenters. The summed E-state index contributed by atoms with van der Waals surface area (Å²) >= 11 is 0. The van der Waals surface area contributed by atoms with Crippen molar-refractivity contribution in [3.63, 3.8) is 0 Å². The number of benzene rings is 1. The SMILES string of the molecule is O=C(CCc1nc2ccccc2c(=O)n1C1CC1)NC1CCN(C(=O)NC2CCCCC2)CC1. The molecule has 2 N–H and O–H groups in total. The average molecular weight is 466 g/mol. The molecule has 3 aliphatic rings. The van der Waals surface area contributed by atoms with Gasteiger partial charge in [0, 0.05) is 44.1 Å². The maximum Gasteiger partial charge on any atom is 0.317 e. The second kappa shape index (κ2) is 10.2. The molecule has 2 aromatic rings. The Bertz CT molecular complexity index is 1100. The van der Waals surface area contributed by atoms with E-state index >= 15 is 0 Å².